The molecule has 5 nitrogen and oxygen atoms in total. The third-order valence-electron chi connectivity index (χ3n) is 4.28. The lowest BCUT2D eigenvalue weighted by Gasteiger charge is -2.32. The molecule has 2 amide bonds. The van der Waals surface area contributed by atoms with Crippen molar-refractivity contribution < 1.29 is 9.59 Å². The molecular formula is C19H20IN3O2. The number of para-hydroxylation sites is 1. The molecule has 0 atom stereocenters. The highest BCUT2D eigenvalue weighted by Gasteiger charge is 2.23. The topological polar surface area (TPSA) is 52.6 Å². The van der Waals surface area contributed by atoms with E-state index >= 15 is 0 Å². The summed E-state index contributed by atoms with van der Waals surface area (Å²) >= 11 is 2.17. The zero-order valence-corrected chi connectivity index (χ0v) is 16.2. The number of benzene rings is 2. The highest BCUT2D eigenvalue weighted by Crippen LogP contribution is 2.19. The van der Waals surface area contributed by atoms with Gasteiger partial charge in [-0.2, -0.15) is 0 Å². The summed E-state index contributed by atoms with van der Waals surface area (Å²) in [5.41, 5.74) is 1.66. The SMILES string of the molecule is CN1CCN(C(=O)c2ccccc2NC(=O)c2cccc(I)c2)CC1. The Morgan fingerprint density at radius 2 is 1.72 bits per heavy atom. The first-order valence-corrected chi connectivity index (χ1v) is 9.26. The second-order valence-corrected chi connectivity index (χ2v) is 7.35. The molecule has 1 aliphatic heterocycles. The minimum atomic E-state index is -0.211. The van der Waals surface area contributed by atoms with Crippen LogP contribution in [0.5, 0.6) is 0 Å². The van der Waals surface area contributed by atoms with Gasteiger partial charge in [0.15, 0.2) is 0 Å². The van der Waals surface area contributed by atoms with Crippen LogP contribution >= 0.6 is 22.6 Å². The molecule has 1 N–H and O–H groups in total. The molecule has 1 fully saturated rings. The third-order valence-corrected chi connectivity index (χ3v) is 4.95. The van der Waals surface area contributed by atoms with E-state index < -0.39 is 0 Å². The number of nitrogens with one attached hydrogen (secondary N) is 1. The van der Waals surface area contributed by atoms with E-state index in [0.29, 0.717) is 29.9 Å². The van der Waals surface area contributed by atoms with Crippen molar-refractivity contribution in [3.8, 4) is 0 Å². The van der Waals surface area contributed by atoms with Crippen LogP contribution in [0.4, 0.5) is 5.69 Å². The fraction of sp³-hybridized carbons (Fsp3) is 0.263. The van der Waals surface area contributed by atoms with Crippen molar-refractivity contribution in [2.75, 3.05) is 38.5 Å². The number of rotatable bonds is 3. The molecule has 0 radical (unpaired) electrons. The summed E-state index contributed by atoms with van der Waals surface area (Å²) in [6.07, 6.45) is 0. The standard InChI is InChI=1S/C19H20IN3O2/c1-22-9-11-23(12-10-22)19(25)16-7-2-3-8-17(16)21-18(24)14-5-4-6-15(20)13-14/h2-8,13H,9-12H2,1H3,(H,21,24). The van der Waals surface area contributed by atoms with Crippen LogP contribution in [0.3, 0.4) is 0 Å². The molecule has 6 heteroatoms. The lowest BCUT2D eigenvalue weighted by molar-refractivity contribution is 0.0665. The molecule has 2 aromatic rings. The Morgan fingerprint density at radius 3 is 2.44 bits per heavy atom. The molecule has 0 saturated carbocycles. The number of halogens is 1. The van der Waals surface area contributed by atoms with Crippen molar-refractivity contribution in [2.45, 2.75) is 0 Å². The third kappa shape index (κ3) is 4.38. The molecule has 1 saturated heterocycles. The average molecular weight is 449 g/mol. The van der Waals surface area contributed by atoms with E-state index in [-0.39, 0.29) is 11.8 Å². The van der Waals surface area contributed by atoms with Crippen LogP contribution in [0, 0.1) is 3.57 Å². The lowest BCUT2D eigenvalue weighted by atomic mass is 10.1. The number of piperazine rings is 1. The summed E-state index contributed by atoms with van der Waals surface area (Å²) in [7, 11) is 2.05. The maximum absolute atomic E-state index is 12.9. The predicted molar refractivity (Wildman–Crippen MR) is 107 cm³/mol. The van der Waals surface area contributed by atoms with Gasteiger partial charge in [0, 0.05) is 35.3 Å². The number of amides is 2. The number of hydrogen-bond acceptors (Lipinski definition) is 3. The smallest absolute Gasteiger partial charge is 0.256 e. The predicted octanol–water partition coefficient (Wildman–Crippen LogP) is 2.93. The number of carbonyl (C=O) groups excluding carboxylic acids is 2. The van der Waals surface area contributed by atoms with Crippen molar-refractivity contribution in [1.82, 2.24) is 9.80 Å². The van der Waals surface area contributed by atoms with Crippen LogP contribution in [0.1, 0.15) is 20.7 Å². The molecule has 0 unspecified atom stereocenters. The Kier molecular flexibility index (Phi) is 5.70. The summed E-state index contributed by atoms with van der Waals surface area (Å²) in [4.78, 5) is 29.4. The first-order valence-electron chi connectivity index (χ1n) is 8.18. The Bertz CT molecular complexity index is 786. The number of hydrogen-bond donors (Lipinski definition) is 1. The van der Waals surface area contributed by atoms with Gasteiger partial charge in [-0.05, 0) is 60.0 Å². The molecule has 1 heterocycles. The zero-order chi connectivity index (χ0) is 17.8. The largest absolute Gasteiger partial charge is 0.336 e. The van der Waals surface area contributed by atoms with Crippen LogP contribution in [0.15, 0.2) is 48.5 Å². The van der Waals surface area contributed by atoms with Gasteiger partial charge in [0.1, 0.15) is 0 Å². The number of carbonyl (C=O) groups is 2. The fourth-order valence-corrected chi connectivity index (χ4v) is 3.33. The van der Waals surface area contributed by atoms with E-state index in [9.17, 15) is 9.59 Å². The molecule has 2 aromatic carbocycles. The molecule has 3 rings (SSSR count). The molecule has 0 bridgehead atoms. The summed E-state index contributed by atoms with van der Waals surface area (Å²) in [6, 6.07) is 14.6. The first kappa shape index (κ1) is 17.9. The van der Waals surface area contributed by atoms with Gasteiger partial charge in [0.05, 0.1) is 11.3 Å². The second kappa shape index (κ2) is 7.97. The van der Waals surface area contributed by atoms with Gasteiger partial charge in [0.25, 0.3) is 11.8 Å². The second-order valence-electron chi connectivity index (χ2n) is 6.11. The van der Waals surface area contributed by atoms with E-state index in [2.05, 4.69) is 39.9 Å². The van der Waals surface area contributed by atoms with Crippen molar-refractivity contribution in [3.63, 3.8) is 0 Å². The van der Waals surface area contributed by atoms with Crippen LogP contribution in [-0.2, 0) is 0 Å². The summed E-state index contributed by atoms with van der Waals surface area (Å²) in [6.45, 7) is 3.13. The van der Waals surface area contributed by atoms with E-state index in [1.54, 1.807) is 18.2 Å². The van der Waals surface area contributed by atoms with Gasteiger partial charge >= 0.3 is 0 Å². The van der Waals surface area contributed by atoms with E-state index in [0.717, 1.165) is 16.7 Å². The highest BCUT2D eigenvalue weighted by molar-refractivity contribution is 14.1. The minimum Gasteiger partial charge on any atom is -0.336 e. The van der Waals surface area contributed by atoms with Crippen LogP contribution in [0.25, 0.3) is 0 Å². The molecule has 0 aliphatic carbocycles. The molecule has 25 heavy (non-hydrogen) atoms. The van der Waals surface area contributed by atoms with Crippen molar-refractivity contribution in [1.29, 1.82) is 0 Å². The fourth-order valence-electron chi connectivity index (χ4n) is 2.78. The van der Waals surface area contributed by atoms with Gasteiger partial charge < -0.3 is 15.1 Å². The summed E-state index contributed by atoms with van der Waals surface area (Å²) < 4.78 is 0.993. The Morgan fingerprint density at radius 1 is 1.00 bits per heavy atom. The van der Waals surface area contributed by atoms with E-state index in [4.69, 9.17) is 0 Å². The highest BCUT2D eigenvalue weighted by atomic mass is 127. The molecule has 0 aromatic heterocycles. The van der Waals surface area contributed by atoms with Gasteiger partial charge in [-0.15, -0.1) is 0 Å². The Hall–Kier alpha value is -1.93. The maximum atomic E-state index is 12.9. The molecular weight excluding hydrogens is 429 g/mol. The lowest BCUT2D eigenvalue weighted by Crippen LogP contribution is -2.47. The van der Waals surface area contributed by atoms with Gasteiger partial charge in [-0.1, -0.05) is 18.2 Å². The molecule has 130 valence electrons. The quantitative estimate of drug-likeness (QED) is 0.734. The number of nitrogens with zero attached hydrogens (tertiary/aromatic N) is 2. The van der Waals surface area contributed by atoms with Crippen LogP contribution in [-0.4, -0.2) is 54.8 Å². The first-order chi connectivity index (χ1) is 12.0. The number of likely N-dealkylation sites (N-methyl/N-ethyl adjacent to an activating group) is 1. The molecule has 0 spiro atoms. The number of anilines is 1. The summed E-state index contributed by atoms with van der Waals surface area (Å²) in [5, 5.41) is 2.88. The van der Waals surface area contributed by atoms with Gasteiger partial charge in [-0.25, -0.2) is 0 Å². The normalized spacial score (nSPS) is 15.0. The van der Waals surface area contributed by atoms with E-state index in [1.807, 2.05) is 35.2 Å². The van der Waals surface area contributed by atoms with E-state index in [1.165, 1.54) is 0 Å². The van der Waals surface area contributed by atoms with Crippen molar-refractivity contribution in [2.24, 2.45) is 0 Å². The van der Waals surface area contributed by atoms with Crippen molar-refractivity contribution >= 4 is 40.1 Å². The van der Waals surface area contributed by atoms with Gasteiger partial charge in [-0.3, -0.25) is 9.59 Å². The van der Waals surface area contributed by atoms with Gasteiger partial charge in [0.2, 0.25) is 0 Å². The zero-order valence-electron chi connectivity index (χ0n) is 14.0. The monoisotopic (exact) mass is 449 g/mol. The summed E-state index contributed by atoms with van der Waals surface area (Å²) in [5.74, 6) is -0.246. The Balaban J connectivity index is 1.79. The maximum Gasteiger partial charge on any atom is 0.256 e. The van der Waals surface area contributed by atoms with Crippen LogP contribution in [0.2, 0.25) is 0 Å². The Labute approximate surface area is 161 Å². The minimum absolute atomic E-state index is 0.0355. The molecule has 1 aliphatic rings. The average Bonchev–Trinajstić information content (AvgIpc) is 2.62. The van der Waals surface area contributed by atoms with Crippen LogP contribution < -0.4 is 5.32 Å². The van der Waals surface area contributed by atoms with Crippen molar-refractivity contribution in [3.05, 3.63) is 63.2 Å².